The third-order valence-electron chi connectivity index (χ3n) is 4.59. The summed E-state index contributed by atoms with van der Waals surface area (Å²) in [6, 6.07) is 5.70. The Morgan fingerprint density at radius 1 is 1.30 bits per heavy atom. The van der Waals surface area contributed by atoms with E-state index in [4.69, 9.17) is 0 Å². The fourth-order valence-corrected chi connectivity index (χ4v) is 3.34. The molecule has 20 heavy (non-hydrogen) atoms. The second-order valence-electron chi connectivity index (χ2n) is 6.17. The summed E-state index contributed by atoms with van der Waals surface area (Å²) in [5, 5.41) is 4.90. The molecule has 0 bridgehead atoms. The predicted octanol–water partition coefficient (Wildman–Crippen LogP) is 2.28. The lowest BCUT2D eigenvalue weighted by molar-refractivity contribution is 0.232. The fourth-order valence-electron chi connectivity index (χ4n) is 3.34. The maximum Gasteiger partial charge on any atom is 0.137 e. The van der Waals surface area contributed by atoms with Gasteiger partial charge >= 0.3 is 0 Å². The van der Waals surface area contributed by atoms with E-state index in [2.05, 4.69) is 32.4 Å². The molecule has 1 aliphatic carbocycles. The quantitative estimate of drug-likeness (QED) is 0.876. The summed E-state index contributed by atoms with van der Waals surface area (Å²) in [4.78, 5) is 10.3. The maximum atomic E-state index is 4.39. The van der Waals surface area contributed by atoms with Crippen LogP contribution in [0.5, 0.6) is 0 Å². The summed E-state index contributed by atoms with van der Waals surface area (Å²) in [5.41, 5.74) is 2.40. The number of aromatic amines is 1. The van der Waals surface area contributed by atoms with Gasteiger partial charge < -0.3 is 10.3 Å². The second-order valence-corrected chi connectivity index (χ2v) is 6.17. The van der Waals surface area contributed by atoms with Gasteiger partial charge in [-0.15, -0.1) is 0 Å². The van der Waals surface area contributed by atoms with Crippen molar-refractivity contribution in [1.82, 2.24) is 20.2 Å². The van der Waals surface area contributed by atoms with Crippen molar-refractivity contribution < 1.29 is 0 Å². The molecule has 3 heterocycles. The third-order valence-corrected chi connectivity index (χ3v) is 4.59. The van der Waals surface area contributed by atoms with Gasteiger partial charge in [0, 0.05) is 43.0 Å². The van der Waals surface area contributed by atoms with Crippen LogP contribution in [0.15, 0.2) is 24.5 Å². The normalized spacial score (nSPS) is 22.9. The first-order chi connectivity index (χ1) is 9.90. The van der Waals surface area contributed by atoms with Gasteiger partial charge in [-0.3, -0.25) is 4.90 Å². The predicted molar refractivity (Wildman–Crippen MR) is 80.6 cm³/mol. The van der Waals surface area contributed by atoms with Crippen LogP contribution in [-0.2, 0) is 6.54 Å². The van der Waals surface area contributed by atoms with E-state index in [1.54, 1.807) is 0 Å². The lowest BCUT2D eigenvalue weighted by atomic mass is 10.1. The summed E-state index contributed by atoms with van der Waals surface area (Å²) in [6.07, 6.45) is 9.39. The van der Waals surface area contributed by atoms with Crippen molar-refractivity contribution in [2.45, 2.75) is 44.3 Å². The molecule has 0 spiro atoms. The lowest BCUT2D eigenvalue weighted by Gasteiger charge is -2.25. The van der Waals surface area contributed by atoms with Crippen molar-refractivity contribution in [2.75, 3.05) is 13.1 Å². The molecule has 0 radical (unpaired) electrons. The van der Waals surface area contributed by atoms with E-state index >= 15 is 0 Å². The molecule has 2 aromatic rings. The van der Waals surface area contributed by atoms with Crippen LogP contribution in [0, 0.1) is 0 Å². The van der Waals surface area contributed by atoms with Crippen molar-refractivity contribution in [3.05, 3.63) is 30.1 Å². The largest absolute Gasteiger partial charge is 0.346 e. The Balaban J connectivity index is 1.52. The lowest BCUT2D eigenvalue weighted by Crippen LogP contribution is -2.38. The summed E-state index contributed by atoms with van der Waals surface area (Å²) >= 11 is 0. The van der Waals surface area contributed by atoms with Crippen molar-refractivity contribution in [1.29, 1.82) is 0 Å². The van der Waals surface area contributed by atoms with Crippen LogP contribution in [-0.4, -0.2) is 40.0 Å². The van der Waals surface area contributed by atoms with E-state index in [0.717, 1.165) is 18.2 Å². The number of pyridine rings is 1. The van der Waals surface area contributed by atoms with Crippen LogP contribution in [0.1, 0.15) is 31.2 Å². The molecule has 2 aliphatic rings. The standard InChI is InChI=1S/C16H22N4/c1-3-13(17-7-1)11-20(14-5-6-14)10-12-9-19-16-15(12)4-2-8-18-16/h2,4,8-9,13-14,17H,1,3,5-7,10-11H2,(H,18,19). The Morgan fingerprint density at radius 2 is 2.25 bits per heavy atom. The van der Waals surface area contributed by atoms with Crippen LogP contribution in [0.25, 0.3) is 11.0 Å². The van der Waals surface area contributed by atoms with Crippen LogP contribution >= 0.6 is 0 Å². The van der Waals surface area contributed by atoms with E-state index in [9.17, 15) is 0 Å². The second kappa shape index (κ2) is 5.19. The number of nitrogens with zero attached hydrogens (tertiary/aromatic N) is 2. The van der Waals surface area contributed by atoms with Gasteiger partial charge in [0.1, 0.15) is 5.65 Å². The molecular formula is C16H22N4. The van der Waals surface area contributed by atoms with E-state index < -0.39 is 0 Å². The van der Waals surface area contributed by atoms with Gasteiger partial charge in [-0.05, 0) is 49.9 Å². The molecule has 2 aromatic heterocycles. The number of aromatic nitrogens is 2. The molecule has 0 aromatic carbocycles. The van der Waals surface area contributed by atoms with Crippen LogP contribution in [0.4, 0.5) is 0 Å². The van der Waals surface area contributed by atoms with E-state index in [1.165, 1.54) is 49.7 Å². The topological polar surface area (TPSA) is 44.0 Å². The molecule has 0 amide bonds. The summed E-state index contributed by atoms with van der Waals surface area (Å²) in [5.74, 6) is 0. The average Bonchev–Trinajstić information content (AvgIpc) is 3.05. The van der Waals surface area contributed by atoms with Gasteiger partial charge in [0.2, 0.25) is 0 Å². The molecule has 1 aliphatic heterocycles. The number of hydrogen-bond acceptors (Lipinski definition) is 3. The Bertz CT molecular complexity index is 581. The maximum absolute atomic E-state index is 4.39. The SMILES string of the molecule is c1cnc2[nH]cc(CN(CC3CCCN3)C3CC3)c2c1. The zero-order valence-corrected chi connectivity index (χ0v) is 11.8. The first-order valence-corrected chi connectivity index (χ1v) is 7.78. The molecule has 1 unspecified atom stereocenters. The van der Waals surface area contributed by atoms with Gasteiger partial charge in [0.25, 0.3) is 0 Å². The minimum absolute atomic E-state index is 0.693. The Morgan fingerprint density at radius 3 is 3.05 bits per heavy atom. The molecule has 4 heteroatoms. The highest BCUT2D eigenvalue weighted by molar-refractivity contribution is 5.79. The molecule has 106 valence electrons. The Hall–Kier alpha value is -1.39. The number of H-pyrrole nitrogens is 1. The molecule has 1 saturated carbocycles. The smallest absolute Gasteiger partial charge is 0.137 e. The van der Waals surface area contributed by atoms with E-state index in [1.807, 2.05) is 12.3 Å². The summed E-state index contributed by atoms with van der Waals surface area (Å²) in [6.45, 7) is 3.44. The zero-order chi connectivity index (χ0) is 13.4. The van der Waals surface area contributed by atoms with Gasteiger partial charge in [0.15, 0.2) is 0 Å². The molecule has 2 fully saturated rings. The number of fused-ring (bicyclic) bond motifs is 1. The highest BCUT2D eigenvalue weighted by Crippen LogP contribution is 2.30. The summed E-state index contributed by atoms with van der Waals surface area (Å²) in [7, 11) is 0. The number of nitrogens with one attached hydrogen (secondary N) is 2. The first-order valence-electron chi connectivity index (χ1n) is 7.78. The first kappa shape index (κ1) is 12.4. The molecule has 1 saturated heterocycles. The van der Waals surface area contributed by atoms with E-state index in [-0.39, 0.29) is 0 Å². The van der Waals surface area contributed by atoms with Crippen molar-refractivity contribution in [3.63, 3.8) is 0 Å². The van der Waals surface area contributed by atoms with Crippen molar-refractivity contribution in [2.24, 2.45) is 0 Å². The Labute approximate surface area is 119 Å². The van der Waals surface area contributed by atoms with Gasteiger partial charge in [-0.2, -0.15) is 0 Å². The molecular weight excluding hydrogens is 248 g/mol. The Kier molecular flexibility index (Phi) is 3.20. The zero-order valence-electron chi connectivity index (χ0n) is 11.8. The van der Waals surface area contributed by atoms with Gasteiger partial charge in [-0.25, -0.2) is 4.98 Å². The average molecular weight is 270 g/mol. The van der Waals surface area contributed by atoms with Crippen LogP contribution < -0.4 is 5.32 Å². The van der Waals surface area contributed by atoms with Crippen molar-refractivity contribution >= 4 is 11.0 Å². The highest BCUT2D eigenvalue weighted by Gasteiger charge is 2.31. The highest BCUT2D eigenvalue weighted by atomic mass is 15.2. The fraction of sp³-hybridized carbons (Fsp3) is 0.562. The van der Waals surface area contributed by atoms with Crippen molar-refractivity contribution in [3.8, 4) is 0 Å². The minimum atomic E-state index is 0.693. The van der Waals surface area contributed by atoms with Gasteiger partial charge in [0.05, 0.1) is 0 Å². The summed E-state index contributed by atoms with van der Waals surface area (Å²) < 4.78 is 0. The molecule has 1 atom stereocenters. The van der Waals surface area contributed by atoms with E-state index in [0.29, 0.717) is 6.04 Å². The molecule has 4 rings (SSSR count). The van der Waals surface area contributed by atoms with Crippen LogP contribution in [0.2, 0.25) is 0 Å². The van der Waals surface area contributed by atoms with Crippen LogP contribution in [0.3, 0.4) is 0 Å². The number of rotatable bonds is 5. The monoisotopic (exact) mass is 270 g/mol. The molecule has 2 N–H and O–H groups in total. The van der Waals surface area contributed by atoms with Gasteiger partial charge in [-0.1, -0.05) is 0 Å². The minimum Gasteiger partial charge on any atom is -0.346 e. The molecule has 4 nitrogen and oxygen atoms in total. The third kappa shape index (κ3) is 2.45. The number of hydrogen-bond donors (Lipinski definition) is 2.